The van der Waals surface area contributed by atoms with E-state index in [2.05, 4.69) is 30.2 Å². The normalized spacial score (nSPS) is 11.3. The van der Waals surface area contributed by atoms with Gasteiger partial charge in [0, 0.05) is 12.1 Å². The Bertz CT molecular complexity index is 1730. The molecule has 2 N–H and O–H groups in total. The fourth-order valence-electron chi connectivity index (χ4n) is 3.75. The summed E-state index contributed by atoms with van der Waals surface area (Å²) < 4.78 is 33.3. The molecular weight excluding hydrogens is 560 g/mol. The predicted octanol–water partition coefficient (Wildman–Crippen LogP) is 5.39. The molecule has 3 aromatic heterocycles. The summed E-state index contributed by atoms with van der Waals surface area (Å²) in [4.78, 5) is 22.6. The maximum absolute atomic E-state index is 12.8. The minimum Gasteiger partial charge on any atom is -0.461 e. The van der Waals surface area contributed by atoms with E-state index in [-0.39, 0.29) is 22.5 Å². The third-order valence-electron chi connectivity index (χ3n) is 5.68. The number of sulfonamides is 1. The van der Waals surface area contributed by atoms with Gasteiger partial charge in [-0.05, 0) is 54.4 Å². The van der Waals surface area contributed by atoms with Crippen molar-refractivity contribution in [3.05, 3.63) is 94.2 Å². The number of carbonyl (C=O) groups is 1. The molecule has 3 heterocycles. The lowest BCUT2D eigenvalue weighted by Gasteiger charge is -2.10. The number of hydrogen-bond acceptors (Lipinski definition) is 10. The summed E-state index contributed by atoms with van der Waals surface area (Å²) in [5, 5.41) is 11.4. The SMILES string of the molecule is Cc1c(C(=O)OCCc2ccccc2)sc2ncnc(Nc3ccc(S(=O)(=O)Nc4ccc(Cl)nn4)cc3)c12. The molecule has 39 heavy (non-hydrogen) atoms. The van der Waals surface area contributed by atoms with E-state index in [1.165, 1.54) is 41.9 Å². The maximum Gasteiger partial charge on any atom is 0.348 e. The molecule has 198 valence electrons. The number of rotatable bonds is 9. The number of ether oxygens (including phenoxy) is 1. The first-order valence-electron chi connectivity index (χ1n) is 11.6. The highest BCUT2D eigenvalue weighted by Crippen LogP contribution is 2.35. The largest absolute Gasteiger partial charge is 0.461 e. The highest BCUT2D eigenvalue weighted by atomic mass is 35.5. The summed E-state index contributed by atoms with van der Waals surface area (Å²) in [7, 11) is -3.89. The molecule has 10 nitrogen and oxygen atoms in total. The minimum absolute atomic E-state index is 0.0323. The van der Waals surface area contributed by atoms with Crippen molar-refractivity contribution in [3.63, 3.8) is 0 Å². The Hall–Kier alpha value is -4.13. The van der Waals surface area contributed by atoms with Crippen LogP contribution in [0.4, 0.5) is 17.3 Å². The van der Waals surface area contributed by atoms with Crippen molar-refractivity contribution < 1.29 is 17.9 Å². The van der Waals surface area contributed by atoms with Crippen LogP contribution in [0.5, 0.6) is 0 Å². The highest BCUT2D eigenvalue weighted by Gasteiger charge is 2.21. The third-order valence-corrected chi connectivity index (χ3v) is 8.43. The number of aromatic nitrogens is 4. The highest BCUT2D eigenvalue weighted by molar-refractivity contribution is 7.92. The Morgan fingerprint density at radius 1 is 1.00 bits per heavy atom. The van der Waals surface area contributed by atoms with Gasteiger partial charge in [0.05, 0.1) is 16.9 Å². The molecule has 0 amide bonds. The Morgan fingerprint density at radius 2 is 1.77 bits per heavy atom. The van der Waals surface area contributed by atoms with Crippen LogP contribution in [-0.2, 0) is 21.2 Å². The van der Waals surface area contributed by atoms with Gasteiger partial charge in [-0.15, -0.1) is 21.5 Å². The van der Waals surface area contributed by atoms with Crippen molar-refractivity contribution in [2.45, 2.75) is 18.2 Å². The van der Waals surface area contributed by atoms with E-state index in [9.17, 15) is 13.2 Å². The van der Waals surface area contributed by atoms with Gasteiger partial charge in [0.15, 0.2) is 11.0 Å². The second-order valence-electron chi connectivity index (χ2n) is 8.33. The first-order valence-corrected chi connectivity index (χ1v) is 14.3. The van der Waals surface area contributed by atoms with Gasteiger partial charge >= 0.3 is 5.97 Å². The van der Waals surface area contributed by atoms with Gasteiger partial charge in [-0.3, -0.25) is 4.72 Å². The van der Waals surface area contributed by atoms with E-state index in [1.807, 2.05) is 37.3 Å². The molecule has 0 atom stereocenters. The summed E-state index contributed by atoms with van der Waals surface area (Å²) in [5.74, 6) is 0.124. The van der Waals surface area contributed by atoms with E-state index in [4.69, 9.17) is 16.3 Å². The van der Waals surface area contributed by atoms with Crippen LogP contribution in [0.25, 0.3) is 10.2 Å². The minimum atomic E-state index is -3.89. The zero-order chi connectivity index (χ0) is 27.4. The number of hydrogen-bond donors (Lipinski definition) is 2. The fraction of sp³-hybridized carbons (Fsp3) is 0.115. The van der Waals surface area contributed by atoms with Gasteiger partial charge in [0.2, 0.25) is 0 Å². The number of fused-ring (bicyclic) bond motifs is 1. The zero-order valence-electron chi connectivity index (χ0n) is 20.5. The molecule has 0 aliphatic heterocycles. The molecule has 0 saturated carbocycles. The van der Waals surface area contributed by atoms with E-state index >= 15 is 0 Å². The summed E-state index contributed by atoms with van der Waals surface area (Å²) in [6, 6.07) is 18.8. The molecule has 0 radical (unpaired) electrons. The number of halogens is 1. The molecule has 2 aromatic carbocycles. The van der Waals surface area contributed by atoms with Crippen molar-refractivity contribution in [2.75, 3.05) is 16.6 Å². The maximum atomic E-state index is 12.8. The Morgan fingerprint density at radius 3 is 2.49 bits per heavy atom. The van der Waals surface area contributed by atoms with Crippen molar-refractivity contribution in [3.8, 4) is 0 Å². The van der Waals surface area contributed by atoms with Crippen LogP contribution in [-0.4, -0.2) is 41.2 Å². The summed E-state index contributed by atoms with van der Waals surface area (Å²) in [5.41, 5.74) is 2.39. The van der Waals surface area contributed by atoms with Crippen LogP contribution in [0.2, 0.25) is 5.15 Å². The number of thiophene rings is 1. The van der Waals surface area contributed by atoms with E-state index < -0.39 is 16.0 Å². The molecule has 5 rings (SSSR count). The van der Waals surface area contributed by atoms with Crippen LogP contribution < -0.4 is 10.0 Å². The lowest BCUT2D eigenvalue weighted by Crippen LogP contribution is -2.14. The standard InChI is InChI=1S/C26H21ClN6O4S2/c1-16-22-24(28-15-29-25(22)38-23(16)26(34)37-14-13-17-5-3-2-4-6-17)30-18-7-9-19(10-8-18)39(35,36)33-21-12-11-20(27)31-32-21/h2-12,15H,13-14H2,1H3,(H,32,33)(H,28,29,30). The van der Waals surface area contributed by atoms with Gasteiger partial charge < -0.3 is 10.1 Å². The molecule has 5 aromatic rings. The van der Waals surface area contributed by atoms with Crippen LogP contribution in [0, 0.1) is 6.92 Å². The van der Waals surface area contributed by atoms with Gasteiger partial charge in [-0.25, -0.2) is 23.2 Å². The van der Waals surface area contributed by atoms with E-state index in [0.29, 0.717) is 38.6 Å². The van der Waals surface area contributed by atoms with Crippen LogP contribution in [0.3, 0.4) is 0 Å². The quantitative estimate of drug-likeness (QED) is 0.220. The van der Waals surface area contributed by atoms with Gasteiger partial charge in [0.25, 0.3) is 10.0 Å². The number of nitrogens with zero attached hydrogens (tertiary/aromatic N) is 4. The molecule has 0 bridgehead atoms. The molecular formula is C26H21ClN6O4S2. The van der Waals surface area contributed by atoms with E-state index in [0.717, 1.165) is 5.56 Å². The van der Waals surface area contributed by atoms with Crippen molar-refractivity contribution in [1.29, 1.82) is 0 Å². The topological polar surface area (TPSA) is 136 Å². The lowest BCUT2D eigenvalue weighted by atomic mass is 10.2. The molecule has 0 aliphatic carbocycles. The van der Waals surface area contributed by atoms with Gasteiger partial charge in [-0.2, -0.15) is 0 Å². The van der Waals surface area contributed by atoms with Crippen molar-refractivity contribution in [1.82, 2.24) is 20.2 Å². The predicted molar refractivity (Wildman–Crippen MR) is 150 cm³/mol. The molecule has 0 spiro atoms. The van der Waals surface area contributed by atoms with Gasteiger partial charge in [-0.1, -0.05) is 41.9 Å². The average molecular weight is 581 g/mol. The summed E-state index contributed by atoms with van der Waals surface area (Å²) in [6.45, 7) is 2.09. The Kier molecular flexibility index (Phi) is 7.68. The van der Waals surface area contributed by atoms with E-state index in [1.54, 1.807) is 12.1 Å². The molecule has 0 aliphatic rings. The monoisotopic (exact) mass is 580 g/mol. The second kappa shape index (κ2) is 11.3. The molecule has 0 unspecified atom stereocenters. The Labute approximate surface area is 233 Å². The Balaban J connectivity index is 1.30. The second-order valence-corrected chi connectivity index (χ2v) is 11.4. The van der Waals surface area contributed by atoms with Crippen LogP contribution in [0.15, 0.2) is 78.0 Å². The number of esters is 1. The van der Waals surface area contributed by atoms with Crippen molar-refractivity contribution >= 4 is 66.5 Å². The molecule has 0 fully saturated rings. The first kappa shape index (κ1) is 26.5. The van der Waals surface area contributed by atoms with Crippen LogP contribution in [0.1, 0.15) is 20.8 Å². The first-order chi connectivity index (χ1) is 18.8. The zero-order valence-corrected chi connectivity index (χ0v) is 22.8. The number of nitrogens with one attached hydrogen (secondary N) is 2. The third kappa shape index (κ3) is 6.14. The number of carbonyl (C=O) groups excluding carboxylic acids is 1. The lowest BCUT2D eigenvalue weighted by molar-refractivity contribution is 0.0514. The molecule has 0 saturated heterocycles. The fourth-order valence-corrected chi connectivity index (χ4v) is 5.89. The number of aryl methyl sites for hydroxylation is 1. The van der Waals surface area contributed by atoms with Crippen LogP contribution >= 0.6 is 22.9 Å². The number of benzene rings is 2. The van der Waals surface area contributed by atoms with Crippen molar-refractivity contribution in [2.24, 2.45) is 0 Å². The summed E-state index contributed by atoms with van der Waals surface area (Å²) >= 11 is 6.94. The smallest absolute Gasteiger partial charge is 0.348 e. The number of anilines is 3. The summed E-state index contributed by atoms with van der Waals surface area (Å²) in [6.07, 6.45) is 2.03. The molecule has 13 heteroatoms. The average Bonchev–Trinajstić information content (AvgIpc) is 3.28. The van der Waals surface area contributed by atoms with Gasteiger partial charge in [0.1, 0.15) is 21.9 Å².